The van der Waals surface area contributed by atoms with Crippen LogP contribution in [0, 0.1) is 0 Å². The summed E-state index contributed by atoms with van der Waals surface area (Å²) in [6.45, 7) is 4.38. The Hall–Kier alpha value is 0.170. The third kappa shape index (κ3) is 6.17. The van der Waals surface area contributed by atoms with E-state index >= 15 is 0 Å². The number of rotatable bonds is 4. The van der Waals surface area contributed by atoms with Crippen LogP contribution in [-0.2, 0) is 0 Å². The Labute approximate surface area is 54.2 Å². The molecular formula is C7H14P. The van der Waals surface area contributed by atoms with Crippen molar-refractivity contribution in [2.45, 2.75) is 26.7 Å². The minimum Gasteiger partial charge on any atom is -0.0840 e. The van der Waals surface area contributed by atoms with E-state index in [1.54, 1.807) is 0 Å². The topological polar surface area (TPSA) is 0 Å². The van der Waals surface area contributed by atoms with Gasteiger partial charge in [0.1, 0.15) is 0 Å². The molecule has 0 nitrogen and oxygen atoms in total. The van der Waals surface area contributed by atoms with Gasteiger partial charge < -0.3 is 0 Å². The van der Waals surface area contributed by atoms with Gasteiger partial charge in [-0.1, -0.05) is 40.7 Å². The van der Waals surface area contributed by atoms with Crippen molar-refractivity contribution in [3.8, 4) is 0 Å². The van der Waals surface area contributed by atoms with Gasteiger partial charge in [-0.25, -0.2) is 0 Å². The summed E-state index contributed by atoms with van der Waals surface area (Å²) in [6, 6.07) is 0. The lowest BCUT2D eigenvalue weighted by Crippen LogP contribution is -1.62. The zero-order valence-electron chi connectivity index (χ0n) is 5.72. The zero-order chi connectivity index (χ0) is 6.24. The minimum atomic E-state index is 1.18. The van der Waals surface area contributed by atoms with Crippen LogP contribution in [0.2, 0.25) is 0 Å². The molecule has 0 bridgehead atoms. The fourth-order valence-electron chi connectivity index (χ4n) is 0.384. The van der Waals surface area contributed by atoms with E-state index in [1.165, 1.54) is 27.6 Å². The predicted molar refractivity (Wildman–Crippen MR) is 41.5 cm³/mol. The Kier molecular flexibility index (Phi) is 7.32. The second kappa shape index (κ2) is 7.17. The average molecular weight is 129 g/mol. The second-order valence-corrected chi connectivity index (χ2v) is 2.81. The van der Waals surface area contributed by atoms with Crippen LogP contribution in [0.25, 0.3) is 0 Å². The summed E-state index contributed by atoms with van der Waals surface area (Å²) in [4.78, 5) is 0. The van der Waals surface area contributed by atoms with Crippen LogP contribution in [0.1, 0.15) is 26.7 Å². The molecule has 0 aliphatic carbocycles. The second-order valence-electron chi connectivity index (χ2n) is 1.70. The van der Waals surface area contributed by atoms with Gasteiger partial charge in [-0.05, 0) is 12.6 Å². The average Bonchev–Trinajstić information content (AvgIpc) is 1.81. The maximum absolute atomic E-state index is 2.24. The molecule has 0 saturated carbocycles. The minimum absolute atomic E-state index is 1.18. The lowest BCUT2D eigenvalue weighted by molar-refractivity contribution is 1.10. The summed E-state index contributed by atoms with van der Waals surface area (Å²) < 4.78 is 0. The highest BCUT2D eigenvalue weighted by molar-refractivity contribution is 7.41. The first-order chi connectivity index (χ1) is 3.91. The lowest BCUT2D eigenvalue weighted by atomic mass is 10.5. The van der Waals surface area contributed by atoms with Gasteiger partial charge in [-0.3, -0.25) is 0 Å². The van der Waals surface area contributed by atoms with Crippen molar-refractivity contribution in [3.63, 3.8) is 0 Å². The molecule has 1 heteroatoms. The monoisotopic (exact) mass is 129 g/mol. The molecule has 0 aromatic heterocycles. The fraction of sp³-hybridized carbons (Fsp3) is 0.714. The summed E-state index contributed by atoms with van der Waals surface area (Å²) in [7, 11) is 1.48. The van der Waals surface area contributed by atoms with Gasteiger partial charge in [0.25, 0.3) is 0 Å². The molecule has 0 atom stereocenters. The van der Waals surface area contributed by atoms with Crippen LogP contribution < -0.4 is 0 Å². The van der Waals surface area contributed by atoms with Crippen molar-refractivity contribution in [2.75, 3.05) is 6.16 Å². The maximum atomic E-state index is 2.24. The molecule has 0 aliphatic heterocycles. The highest BCUT2D eigenvalue weighted by Gasteiger charge is 1.75. The number of hydrogen-bond donors (Lipinski definition) is 0. The third-order valence-corrected chi connectivity index (χ3v) is 1.93. The van der Waals surface area contributed by atoms with Gasteiger partial charge in [0.15, 0.2) is 0 Å². The molecule has 0 saturated heterocycles. The number of allylic oxidation sites excluding steroid dienone is 1. The van der Waals surface area contributed by atoms with Crippen molar-refractivity contribution >= 4 is 8.58 Å². The van der Waals surface area contributed by atoms with Crippen LogP contribution >= 0.6 is 8.58 Å². The number of hydrogen-bond acceptors (Lipinski definition) is 0. The Morgan fingerprint density at radius 1 is 1.38 bits per heavy atom. The summed E-state index contributed by atoms with van der Waals surface area (Å²) in [6.07, 6.45) is 6.01. The van der Waals surface area contributed by atoms with Crippen molar-refractivity contribution in [1.82, 2.24) is 0 Å². The van der Waals surface area contributed by atoms with Gasteiger partial charge in [0, 0.05) is 0 Å². The van der Waals surface area contributed by atoms with Crippen LogP contribution in [-0.4, -0.2) is 6.16 Å². The highest BCUT2D eigenvalue weighted by atomic mass is 31.1. The van der Waals surface area contributed by atoms with E-state index in [9.17, 15) is 0 Å². The molecule has 0 spiro atoms. The molecule has 0 unspecified atom stereocenters. The third-order valence-electron chi connectivity index (χ3n) is 0.799. The first-order valence-electron chi connectivity index (χ1n) is 3.23. The molecular weight excluding hydrogens is 115 g/mol. The van der Waals surface area contributed by atoms with Crippen molar-refractivity contribution in [1.29, 1.82) is 0 Å². The Morgan fingerprint density at radius 2 is 2.12 bits per heavy atom. The molecule has 0 heterocycles. The lowest BCUT2D eigenvalue weighted by Gasteiger charge is -1.84. The van der Waals surface area contributed by atoms with Crippen LogP contribution in [0.3, 0.4) is 0 Å². The van der Waals surface area contributed by atoms with E-state index in [-0.39, 0.29) is 0 Å². The zero-order valence-corrected chi connectivity index (χ0v) is 6.62. The predicted octanol–water partition coefficient (Wildman–Crippen LogP) is 3.27. The van der Waals surface area contributed by atoms with Gasteiger partial charge in [0.2, 0.25) is 0 Å². The standard InChI is InChI=1S/C7H14P/c1-3-5-7-8-6-4-2/h5,7H,3-4,6H2,1-2H3. The summed E-state index contributed by atoms with van der Waals surface area (Å²) in [5.41, 5.74) is 0. The molecule has 0 aromatic rings. The molecule has 0 fully saturated rings. The van der Waals surface area contributed by atoms with Gasteiger partial charge in [0.05, 0.1) is 0 Å². The summed E-state index contributed by atoms with van der Waals surface area (Å²) >= 11 is 0. The maximum Gasteiger partial charge on any atom is -0.0252 e. The smallest absolute Gasteiger partial charge is 0.0252 e. The van der Waals surface area contributed by atoms with E-state index in [0.717, 1.165) is 0 Å². The first-order valence-corrected chi connectivity index (χ1v) is 4.38. The fourth-order valence-corrected chi connectivity index (χ4v) is 1.15. The van der Waals surface area contributed by atoms with E-state index in [1.807, 2.05) is 0 Å². The first kappa shape index (κ1) is 8.17. The Morgan fingerprint density at radius 3 is 2.62 bits per heavy atom. The van der Waals surface area contributed by atoms with E-state index in [2.05, 4.69) is 25.7 Å². The Bertz CT molecular complexity index is 57.4. The van der Waals surface area contributed by atoms with E-state index in [0.29, 0.717) is 0 Å². The van der Waals surface area contributed by atoms with E-state index < -0.39 is 0 Å². The molecule has 1 radical (unpaired) electrons. The van der Waals surface area contributed by atoms with Gasteiger partial charge in [-0.2, -0.15) is 0 Å². The SMILES string of the molecule is CCC=C[P]CCC. The van der Waals surface area contributed by atoms with Gasteiger partial charge >= 0.3 is 0 Å². The quantitative estimate of drug-likeness (QED) is 0.403. The summed E-state index contributed by atoms with van der Waals surface area (Å²) in [5.74, 6) is 2.24. The normalized spacial score (nSPS) is 12.2. The molecule has 8 heavy (non-hydrogen) atoms. The largest absolute Gasteiger partial charge is 0.0840 e. The van der Waals surface area contributed by atoms with Crippen molar-refractivity contribution in [2.24, 2.45) is 0 Å². The van der Waals surface area contributed by atoms with Crippen LogP contribution in [0.4, 0.5) is 0 Å². The van der Waals surface area contributed by atoms with Crippen molar-refractivity contribution < 1.29 is 0 Å². The molecule has 0 amide bonds. The molecule has 47 valence electrons. The van der Waals surface area contributed by atoms with Crippen LogP contribution in [0.5, 0.6) is 0 Å². The molecule has 0 aromatic carbocycles. The summed E-state index contributed by atoms with van der Waals surface area (Å²) in [5, 5.41) is 0. The molecule has 0 N–H and O–H groups in total. The van der Waals surface area contributed by atoms with Gasteiger partial charge in [-0.15, -0.1) is 0 Å². The Balaban J connectivity index is 2.80. The molecule has 0 rings (SSSR count). The highest BCUT2D eigenvalue weighted by Crippen LogP contribution is 2.12. The van der Waals surface area contributed by atoms with Crippen molar-refractivity contribution in [3.05, 3.63) is 11.9 Å². The van der Waals surface area contributed by atoms with E-state index in [4.69, 9.17) is 0 Å². The van der Waals surface area contributed by atoms with Crippen LogP contribution in [0.15, 0.2) is 11.9 Å². The molecule has 0 aliphatic rings.